The fourth-order valence-electron chi connectivity index (χ4n) is 1.83. The molecule has 0 saturated carbocycles. The van der Waals surface area contributed by atoms with Crippen molar-refractivity contribution in [2.24, 2.45) is 0 Å². The Bertz CT molecular complexity index is 772. The van der Waals surface area contributed by atoms with Gasteiger partial charge < -0.3 is 4.74 Å². The lowest BCUT2D eigenvalue weighted by Crippen LogP contribution is -1.91. The highest BCUT2D eigenvalue weighted by atomic mass is 35.5. The van der Waals surface area contributed by atoms with Gasteiger partial charge in [0.1, 0.15) is 5.52 Å². The number of benzene rings is 1. The van der Waals surface area contributed by atoms with E-state index in [-0.39, 0.29) is 0 Å². The smallest absolute Gasteiger partial charge is 0.219 e. The van der Waals surface area contributed by atoms with Crippen LogP contribution in [0.25, 0.3) is 10.9 Å². The molecule has 2 heterocycles. The molecule has 3 aromatic rings. The Morgan fingerprint density at radius 3 is 2.75 bits per heavy atom. The molecule has 0 aliphatic carbocycles. The molecule has 20 heavy (non-hydrogen) atoms. The molecule has 0 bridgehead atoms. The van der Waals surface area contributed by atoms with Crippen LogP contribution in [0.3, 0.4) is 0 Å². The Labute approximate surface area is 120 Å². The van der Waals surface area contributed by atoms with Crippen LogP contribution in [0.15, 0.2) is 48.8 Å². The van der Waals surface area contributed by atoms with E-state index in [2.05, 4.69) is 9.97 Å². The summed E-state index contributed by atoms with van der Waals surface area (Å²) in [7, 11) is 0. The van der Waals surface area contributed by atoms with Crippen molar-refractivity contribution >= 4 is 28.8 Å². The van der Waals surface area contributed by atoms with Gasteiger partial charge in [-0.2, -0.15) is 0 Å². The number of pyridine rings is 2. The third-order valence-corrected chi connectivity index (χ3v) is 3.12. The highest BCUT2D eigenvalue weighted by Gasteiger charge is 2.08. The van der Waals surface area contributed by atoms with Gasteiger partial charge in [0, 0.05) is 29.4 Å². The Hall–Kier alpha value is -2.46. The van der Waals surface area contributed by atoms with Crippen molar-refractivity contribution in [2.45, 2.75) is 0 Å². The zero-order valence-electron chi connectivity index (χ0n) is 10.3. The van der Waals surface area contributed by atoms with E-state index < -0.39 is 0 Å². The van der Waals surface area contributed by atoms with Gasteiger partial charge in [0.15, 0.2) is 12.0 Å². The Balaban J connectivity index is 2.02. The zero-order chi connectivity index (χ0) is 13.9. The van der Waals surface area contributed by atoms with Crippen LogP contribution in [0.2, 0.25) is 5.02 Å². The standard InChI is InChI=1S/C15H9ClN2O2/c16-12-4-5-13(15-11(12)2-1-7-17-15)20-14-6-3-10(9-19)8-18-14/h1-9H. The molecule has 4 nitrogen and oxygen atoms in total. The van der Waals surface area contributed by atoms with E-state index in [1.54, 1.807) is 30.5 Å². The molecule has 5 heteroatoms. The number of hydrogen-bond acceptors (Lipinski definition) is 4. The summed E-state index contributed by atoms with van der Waals surface area (Å²) in [6, 6.07) is 10.5. The molecule has 0 N–H and O–H groups in total. The predicted molar refractivity (Wildman–Crippen MR) is 76.5 cm³/mol. The number of fused-ring (bicyclic) bond motifs is 1. The summed E-state index contributed by atoms with van der Waals surface area (Å²) in [4.78, 5) is 18.9. The summed E-state index contributed by atoms with van der Waals surface area (Å²) in [5.74, 6) is 0.959. The lowest BCUT2D eigenvalue weighted by molar-refractivity contribution is 0.112. The number of rotatable bonds is 3. The molecule has 0 aliphatic heterocycles. The van der Waals surface area contributed by atoms with Gasteiger partial charge in [-0.15, -0.1) is 0 Å². The molecule has 0 unspecified atom stereocenters. The van der Waals surface area contributed by atoms with Gasteiger partial charge in [-0.3, -0.25) is 9.78 Å². The molecular formula is C15H9ClN2O2. The first kappa shape index (κ1) is 12.6. The first-order valence-corrected chi connectivity index (χ1v) is 6.28. The number of carbonyl (C=O) groups excluding carboxylic acids is 1. The van der Waals surface area contributed by atoms with Crippen LogP contribution in [-0.4, -0.2) is 16.3 Å². The Morgan fingerprint density at radius 2 is 2.00 bits per heavy atom. The molecule has 0 atom stereocenters. The third-order valence-electron chi connectivity index (χ3n) is 2.79. The average molecular weight is 285 g/mol. The number of aldehydes is 1. The third kappa shape index (κ3) is 2.33. The number of aromatic nitrogens is 2. The average Bonchev–Trinajstić information content (AvgIpc) is 2.51. The molecule has 1 aromatic carbocycles. The van der Waals surface area contributed by atoms with Crippen molar-refractivity contribution < 1.29 is 9.53 Å². The Morgan fingerprint density at radius 1 is 1.10 bits per heavy atom. The van der Waals surface area contributed by atoms with E-state index in [0.29, 0.717) is 27.7 Å². The topological polar surface area (TPSA) is 52.1 Å². The number of ether oxygens (including phenoxy) is 1. The van der Waals surface area contributed by atoms with Crippen molar-refractivity contribution in [1.82, 2.24) is 9.97 Å². The number of nitrogens with zero attached hydrogens (tertiary/aromatic N) is 2. The van der Waals surface area contributed by atoms with Crippen molar-refractivity contribution in [2.75, 3.05) is 0 Å². The minimum atomic E-state index is 0.393. The van der Waals surface area contributed by atoms with Gasteiger partial charge in [0.05, 0.1) is 5.02 Å². The molecule has 0 saturated heterocycles. The maximum Gasteiger partial charge on any atom is 0.219 e. The normalized spacial score (nSPS) is 10.4. The minimum Gasteiger partial charge on any atom is -0.437 e. The predicted octanol–water partition coefficient (Wildman–Crippen LogP) is 3.89. The van der Waals surface area contributed by atoms with Crippen molar-refractivity contribution in [3.8, 4) is 11.6 Å². The summed E-state index contributed by atoms with van der Waals surface area (Å²) in [6.45, 7) is 0. The van der Waals surface area contributed by atoms with Crippen molar-refractivity contribution in [3.05, 3.63) is 59.4 Å². The maximum atomic E-state index is 10.6. The summed E-state index contributed by atoms with van der Waals surface area (Å²) in [6.07, 6.45) is 3.86. The van der Waals surface area contributed by atoms with Gasteiger partial charge in [0.25, 0.3) is 0 Å². The number of halogens is 1. The molecule has 0 aliphatic rings. The first-order valence-electron chi connectivity index (χ1n) is 5.90. The van der Waals surface area contributed by atoms with Crippen LogP contribution in [0.5, 0.6) is 11.6 Å². The largest absolute Gasteiger partial charge is 0.437 e. The molecule has 98 valence electrons. The molecule has 0 spiro atoms. The van der Waals surface area contributed by atoms with Crippen molar-refractivity contribution in [1.29, 1.82) is 0 Å². The summed E-state index contributed by atoms with van der Waals surface area (Å²) >= 11 is 6.12. The molecule has 3 rings (SSSR count). The SMILES string of the molecule is O=Cc1ccc(Oc2ccc(Cl)c3cccnc23)nc1. The highest BCUT2D eigenvalue weighted by Crippen LogP contribution is 2.31. The first-order chi connectivity index (χ1) is 9.78. The Kier molecular flexibility index (Phi) is 3.31. The fourth-order valence-corrected chi connectivity index (χ4v) is 2.04. The van der Waals surface area contributed by atoms with Crippen LogP contribution in [0, 0.1) is 0 Å². The van der Waals surface area contributed by atoms with Crippen LogP contribution >= 0.6 is 11.6 Å². The van der Waals surface area contributed by atoms with Crippen molar-refractivity contribution in [3.63, 3.8) is 0 Å². The summed E-state index contributed by atoms with van der Waals surface area (Å²) in [5, 5.41) is 1.43. The lowest BCUT2D eigenvalue weighted by atomic mass is 10.2. The summed E-state index contributed by atoms with van der Waals surface area (Å²) < 4.78 is 5.70. The quantitative estimate of drug-likeness (QED) is 0.685. The number of carbonyl (C=O) groups is 1. The van der Waals surface area contributed by atoms with E-state index in [0.717, 1.165) is 11.7 Å². The molecule has 0 radical (unpaired) electrons. The second-order valence-electron chi connectivity index (χ2n) is 4.09. The van der Waals surface area contributed by atoms with Crippen LogP contribution in [0.4, 0.5) is 0 Å². The lowest BCUT2D eigenvalue weighted by Gasteiger charge is -2.08. The van der Waals surface area contributed by atoms with E-state index in [1.807, 2.05) is 12.1 Å². The monoisotopic (exact) mass is 284 g/mol. The molecule has 0 fully saturated rings. The van der Waals surface area contributed by atoms with Gasteiger partial charge in [0.2, 0.25) is 5.88 Å². The molecular weight excluding hydrogens is 276 g/mol. The summed E-state index contributed by atoms with van der Waals surface area (Å²) in [5.41, 5.74) is 1.16. The minimum absolute atomic E-state index is 0.393. The van der Waals surface area contributed by atoms with Gasteiger partial charge in [-0.25, -0.2) is 4.98 Å². The van der Waals surface area contributed by atoms with Gasteiger partial charge in [-0.1, -0.05) is 11.6 Å². The van der Waals surface area contributed by atoms with Crippen LogP contribution < -0.4 is 4.74 Å². The maximum absolute atomic E-state index is 10.6. The van der Waals surface area contributed by atoms with Gasteiger partial charge in [-0.05, 0) is 30.3 Å². The zero-order valence-corrected chi connectivity index (χ0v) is 11.0. The molecule has 0 amide bonds. The van der Waals surface area contributed by atoms with E-state index in [4.69, 9.17) is 16.3 Å². The van der Waals surface area contributed by atoms with E-state index in [1.165, 1.54) is 6.20 Å². The highest BCUT2D eigenvalue weighted by molar-refractivity contribution is 6.35. The second-order valence-corrected chi connectivity index (χ2v) is 4.50. The van der Waals surface area contributed by atoms with Gasteiger partial charge >= 0.3 is 0 Å². The van der Waals surface area contributed by atoms with E-state index >= 15 is 0 Å². The molecule has 2 aromatic heterocycles. The fraction of sp³-hybridized carbons (Fsp3) is 0. The van der Waals surface area contributed by atoms with E-state index in [9.17, 15) is 4.79 Å². The van der Waals surface area contributed by atoms with Crippen LogP contribution in [-0.2, 0) is 0 Å². The second kappa shape index (κ2) is 5.27. The van der Waals surface area contributed by atoms with Crippen LogP contribution in [0.1, 0.15) is 10.4 Å². The number of hydrogen-bond donors (Lipinski definition) is 0.